The number of anilines is 2. The first kappa shape index (κ1) is 22.4. The lowest BCUT2D eigenvalue weighted by atomic mass is 10.1. The number of rotatable bonds is 7. The van der Waals surface area contributed by atoms with Crippen molar-refractivity contribution >= 4 is 45.1 Å². The number of benzene rings is 2. The van der Waals surface area contributed by atoms with E-state index >= 15 is 0 Å². The molecule has 6 nitrogen and oxygen atoms in total. The van der Waals surface area contributed by atoms with Gasteiger partial charge in [0, 0.05) is 48.6 Å². The van der Waals surface area contributed by atoms with Crippen LogP contribution in [0.15, 0.2) is 48.5 Å². The van der Waals surface area contributed by atoms with Crippen molar-refractivity contribution < 1.29 is 13.2 Å². The third-order valence-corrected chi connectivity index (χ3v) is 6.39. The maximum Gasteiger partial charge on any atom is 0.248 e. The first-order valence-electron chi connectivity index (χ1n) is 9.76. The molecule has 2 N–H and O–H groups in total. The molecule has 0 atom stereocenters. The standard InChI is InChI=1S/C22H27N3O3S2/c1-17-19(16-25-12-14-29-15-13-25)4-3-5-21(17)23-22(26)11-8-18-6-9-20(10-7-18)24-30(2,27)28/h3-11,24H,12-16H2,1-2H3,(H,23,26)/b11-8+. The molecule has 0 saturated carbocycles. The molecule has 1 amide bonds. The monoisotopic (exact) mass is 445 g/mol. The van der Waals surface area contributed by atoms with Gasteiger partial charge in [0.05, 0.1) is 6.26 Å². The average Bonchev–Trinajstić information content (AvgIpc) is 2.70. The Morgan fingerprint density at radius 1 is 1.13 bits per heavy atom. The van der Waals surface area contributed by atoms with Crippen molar-refractivity contribution in [1.82, 2.24) is 4.90 Å². The van der Waals surface area contributed by atoms with Gasteiger partial charge in [-0.1, -0.05) is 24.3 Å². The van der Waals surface area contributed by atoms with Crippen molar-refractivity contribution in [3.05, 3.63) is 65.2 Å². The van der Waals surface area contributed by atoms with Crippen LogP contribution in [0, 0.1) is 6.92 Å². The summed E-state index contributed by atoms with van der Waals surface area (Å²) in [5, 5.41) is 2.96. The molecule has 0 spiro atoms. The van der Waals surface area contributed by atoms with Crippen LogP contribution < -0.4 is 10.0 Å². The Morgan fingerprint density at radius 3 is 2.50 bits per heavy atom. The van der Waals surface area contributed by atoms with Crippen molar-refractivity contribution in [1.29, 1.82) is 0 Å². The van der Waals surface area contributed by atoms with Crippen LogP contribution in [0.2, 0.25) is 0 Å². The summed E-state index contributed by atoms with van der Waals surface area (Å²) in [5.74, 6) is 2.14. The molecule has 0 aromatic heterocycles. The predicted molar refractivity (Wildman–Crippen MR) is 126 cm³/mol. The maximum absolute atomic E-state index is 12.4. The van der Waals surface area contributed by atoms with Crippen LogP contribution in [0.3, 0.4) is 0 Å². The van der Waals surface area contributed by atoms with Crippen LogP contribution in [0.5, 0.6) is 0 Å². The fourth-order valence-corrected chi connectivity index (χ4v) is 4.76. The molecule has 160 valence electrons. The van der Waals surface area contributed by atoms with Gasteiger partial charge in [-0.3, -0.25) is 14.4 Å². The second-order valence-corrected chi connectivity index (χ2v) is 10.3. The third-order valence-electron chi connectivity index (χ3n) is 4.84. The molecule has 8 heteroatoms. The van der Waals surface area contributed by atoms with E-state index < -0.39 is 10.0 Å². The second-order valence-electron chi connectivity index (χ2n) is 7.30. The zero-order chi connectivity index (χ0) is 21.6. The Hall–Kier alpha value is -2.29. The fourth-order valence-electron chi connectivity index (χ4n) is 3.21. The van der Waals surface area contributed by atoms with Crippen LogP contribution in [0.25, 0.3) is 6.08 Å². The second kappa shape index (κ2) is 10.1. The van der Waals surface area contributed by atoms with Gasteiger partial charge in [0.25, 0.3) is 0 Å². The minimum Gasteiger partial charge on any atom is -0.322 e. The van der Waals surface area contributed by atoms with Crippen LogP contribution in [0.1, 0.15) is 16.7 Å². The van der Waals surface area contributed by atoms with Crippen molar-refractivity contribution in [3.8, 4) is 0 Å². The maximum atomic E-state index is 12.4. The smallest absolute Gasteiger partial charge is 0.248 e. The number of thioether (sulfide) groups is 1. The largest absolute Gasteiger partial charge is 0.322 e. The van der Waals surface area contributed by atoms with Gasteiger partial charge in [-0.25, -0.2) is 8.42 Å². The van der Waals surface area contributed by atoms with Gasteiger partial charge in [0.15, 0.2) is 0 Å². The number of nitrogens with zero attached hydrogens (tertiary/aromatic N) is 1. The quantitative estimate of drug-likeness (QED) is 0.637. The molecular weight excluding hydrogens is 418 g/mol. The van der Waals surface area contributed by atoms with Gasteiger partial charge in [-0.15, -0.1) is 0 Å². The molecule has 1 heterocycles. The van der Waals surface area contributed by atoms with E-state index in [4.69, 9.17) is 0 Å². The molecule has 30 heavy (non-hydrogen) atoms. The van der Waals surface area contributed by atoms with E-state index in [-0.39, 0.29) is 5.91 Å². The van der Waals surface area contributed by atoms with Crippen LogP contribution in [0.4, 0.5) is 11.4 Å². The highest BCUT2D eigenvalue weighted by molar-refractivity contribution is 7.99. The Balaban J connectivity index is 1.61. The Bertz CT molecular complexity index is 1010. The number of hydrogen-bond acceptors (Lipinski definition) is 5. The van der Waals surface area contributed by atoms with Crippen LogP contribution in [-0.2, 0) is 21.4 Å². The van der Waals surface area contributed by atoms with Gasteiger partial charge in [0.2, 0.25) is 15.9 Å². The molecule has 1 aliphatic rings. The summed E-state index contributed by atoms with van der Waals surface area (Å²) in [7, 11) is -3.30. The first-order valence-corrected chi connectivity index (χ1v) is 12.8. The Morgan fingerprint density at radius 2 is 1.83 bits per heavy atom. The minimum atomic E-state index is -3.30. The summed E-state index contributed by atoms with van der Waals surface area (Å²) in [6, 6.07) is 12.8. The van der Waals surface area contributed by atoms with E-state index in [9.17, 15) is 13.2 Å². The highest BCUT2D eigenvalue weighted by atomic mass is 32.2. The molecule has 1 aliphatic heterocycles. The number of carbonyl (C=O) groups excluding carboxylic acids is 1. The lowest BCUT2D eigenvalue weighted by Gasteiger charge is -2.27. The third kappa shape index (κ3) is 6.90. The first-order chi connectivity index (χ1) is 14.3. The molecule has 0 unspecified atom stereocenters. The topological polar surface area (TPSA) is 78.5 Å². The van der Waals surface area contributed by atoms with Gasteiger partial charge < -0.3 is 5.32 Å². The SMILES string of the molecule is Cc1c(CN2CCSCC2)cccc1NC(=O)/C=C/c1ccc(NS(C)(=O)=O)cc1. The van der Waals surface area contributed by atoms with Crippen LogP contribution >= 0.6 is 11.8 Å². The van der Waals surface area contributed by atoms with Crippen molar-refractivity contribution in [2.45, 2.75) is 13.5 Å². The molecule has 1 fully saturated rings. The van der Waals surface area contributed by atoms with Crippen molar-refractivity contribution in [2.75, 3.05) is 40.9 Å². The van der Waals surface area contributed by atoms with E-state index in [2.05, 4.69) is 21.0 Å². The molecule has 2 aromatic rings. The molecule has 1 saturated heterocycles. The fraction of sp³-hybridized carbons (Fsp3) is 0.318. The normalized spacial score (nSPS) is 15.3. The number of hydrogen-bond donors (Lipinski definition) is 2. The van der Waals surface area contributed by atoms with E-state index in [0.717, 1.165) is 42.7 Å². The number of amides is 1. The lowest BCUT2D eigenvalue weighted by Crippen LogP contribution is -2.32. The molecule has 0 aliphatic carbocycles. The highest BCUT2D eigenvalue weighted by Crippen LogP contribution is 2.22. The number of nitrogens with one attached hydrogen (secondary N) is 2. The van der Waals surface area contributed by atoms with Gasteiger partial charge in [-0.05, 0) is 47.9 Å². The number of sulfonamides is 1. The van der Waals surface area contributed by atoms with Crippen molar-refractivity contribution in [3.63, 3.8) is 0 Å². The van der Waals surface area contributed by atoms with E-state index in [0.29, 0.717) is 5.69 Å². The molecule has 0 radical (unpaired) electrons. The molecular formula is C22H27N3O3S2. The Kier molecular flexibility index (Phi) is 7.58. The summed E-state index contributed by atoms with van der Waals surface area (Å²) in [5.41, 5.74) is 4.43. The van der Waals surface area contributed by atoms with Crippen LogP contribution in [-0.4, -0.2) is 50.1 Å². The minimum absolute atomic E-state index is 0.206. The lowest BCUT2D eigenvalue weighted by molar-refractivity contribution is -0.111. The average molecular weight is 446 g/mol. The van der Waals surface area contributed by atoms with Crippen molar-refractivity contribution in [2.24, 2.45) is 0 Å². The number of carbonyl (C=O) groups is 1. The summed E-state index contributed by atoms with van der Waals surface area (Å²) in [6.45, 7) is 5.14. The van der Waals surface area contributed by atoms with Gasteiger partial charge in [-0.2, -0.15) is 11.8 Å². The molecule has 3 rings (SSSR count). The Labute approximate surface area is 182 Å². The predicted octanol–water partition coefficient (Wildman–Crippen LogP) is 3.57. The van der Waals surface area contributed by atoms with Gasteiger partial charge >= 0.3 is 0 Å². The summed E-state index contributed by atoms with van der Waals surface area (Å²) < 4.78 is 24.9. The summed E-state index contributed by atoms with van der Waals surface area (Å²) in [4.78, 5) is 14.8. The zero-order valence-electron chi connectivity index (χ0n) is 17.2. The molecule has 0 bridgehead atoms. The zero-order valence-corrected chi connectivity index (χ0v) is 18.9. The summed E-state index contributed by atoms with van der Waals surface area (Å²) in [6.07, 6.45) is 4.28. The van der Waals surface area contributed by atoms with E-state index in [1.54, 1.807) is 30.3 Å². The summed E-state index contributed by atoms with van der Waals surface area (Å²) >= 11 is 2.00. The molecule has 2 aromatic carbocycles. The van der Waals surface area contributed by atoms with Gasteiger partial charge in [0.1, 0.15) is 0 Å². The van der Waals surface area contributed by atoms with E-state index in [1.165, 1.54) is 23.1 Å². The van der Waals surface area contributed by atoms with E-state index in [1.807, 2.05) is 30.8 Å². The highest BCUT2D eigenvalue weighted by Gasteiger charge is 2.13.